The molecule has 0 aliphatic carbocycles. The van der Waals surface area contributed by atoms with Crippen LogP contribution in [-0.4, -0.2) is 41.8 Å². The van der Waals surface area contributed by atoms with Gasteiger partial charge in [-0.05, 0) is 72.0 Å². The fourth-order valence-electron chi connectivity index (χ4n) is 1.99. The third kappa shape index (κ3) is 4.50. The minimum Gasteiger partial charge on any atom is -0.496 e. The first-order valence-corrected chi connectivity index (χ1v) is 8.99. The molecule has 0 atom stereocenters. The molecule has 0 N–H and O–H groups in total. The Hall–Kier alpha value is -1.55. The fraction of sp³-hybridized carbons (Fsp3) is 0.312. The van der Waals surface area contributed by atoms with Crippen molar-refractivity contribution in [3.8, 4) is 5.75 Å². The van der Waals surface area contributed by atoms with Crippen LogP contribution in [0.1, 0.15) is 19.4 Å². The van der Waals surface area contributed by atoms with Gasteiger partial charge in [0.05, 0.1) is 21.7 Å². The van der Waals surface area contributed by atoms with E-state index in [1.165, 1.54) is 0 Å². The van der Waals surface area contributed by atoms with Crippen molar-refractivity contribution >= 4 is 57.5 Å². The molecule has 0 spiro atoms. The first kappa shape index (κ1) is 18.8. The Bertz CT molecular complexity index is 716. The van der Waals surface area contributed by atoms with E-state index < -0.39 is 17.1 Å². The van der Waals surface area contributed by atoms with Crippen molar-refractivity contribution < 1.29 is 23.9 Å². The summed E-state index contributed by atoms with van der Waals surface area (Å²) in [7, 11) is 1.58. The minimum atomic E-state index is -0.604. The lowest BCUT2D eigenvalue weighted by Crippen LogP contribution is -2.35. The molecule has 1 aromatic carbocycles. The van der Waals surface area contributed by atoms with Crippen LogP contribution in [0.3, 0.4) is 0 Å². The number of imide groups is 1. The molecule has 0 radical (unpaired) electrons. The van der Waals surface area contributed by atoms with Crippen molar-refractivity contribution in [3.63, 3.8) is 0 Å². The first-order chi connectivity index (χ1) is 11.3. The predicted octanol–water partition coefficient (Wildman–Crippen LogP) is 3.29. The summed E-state index contributed by atoms with van der Waals surface area (Å²) in [6.07, 6.45) is 1.33. The number of carbonyl (C=O) groups is 3. The highest BCUT2D eigenvalue weighted by molar-refractivity contribution is 14.1. The maximum Gasteiger partial charge on any atom is 0.326 e. The highest BCUT2D eigenvalue weighted by Gasteiger charge is 2.36. The number of esters is 1. The quantitative estimate of drug-likeness (QED) is 0.381. The van der Waals surface area contributed by atoms with E-state index in [-0.39, 0.29) is 17.6 Å². The second-order valence-electron chi connectivity index (χ2n) is 5.20. The molecule has 0 unspecified atom stereocenters. The number of benzene rings is 1. The van der Waals surface area contributed by atoms with Gasteiger partial charge >= 0.3 is 5.97 Å². The van der Waals surface area contributed by atoms with E-state index in [0.717, 1.165) is 31.5 Å². The van der Waals surface area contributed by atoms with Crippen molar-refractivity contribution in [1.29, 1.82) is 0 Å². The molecule has 0 bridgehead atoms. The summed E-state index contributed by atoms with van der Waals surface area (Å²) in [6.45, 7) is 3.04. The summed E-state index contributed by atoms with van der Waals surface area (Å²) >= 11 is 2.94. The maximum absolute atomic E-state index is 12.3. The smallest absolute Gasteiger partial charge is 0.326 e. The Balaban J connectivity index is 2.15. The first-order valence-electron chi connectivity index (χ1n) is 7.10. The molecule has 1 fully saturated rings. The molecule has 6 nitrogen and oxygen atoms in total. The molecular formula is C16H16INO5S. The molecule has 1 heterocycles. The summed E-state index contributed by atoms with van der Waals surface area (Å²) in [6, 6.07) is 5.43. The molecule has 0 aromatic heterocycles. The third-order valence-corrected chi connectivity index (χ3v) is 4.75. The van der Waals surface area contributed by atoms with E-state index in [2.05, 4.69) is 22.6 Å². The van der Waals surface area contributed by atoms with E-state index in [4.69, 9.17) is 9.47 Å². The second-order valence-corrected chi connectivity index (χ2v) is 7.36. The average Bonchev–Trinajstić information content (AvgIpc) is 2.74. The number of rotatable bonds is 5. The zero-order chi connectivity index (χ0) is 17.9. The normalized spacial score (nSPS) is 16.2. The summed E-state index contributed by atoms with van der Waals surface area (Å²) < 4.78 is 11.1. The molecule has 24 heavy (non-hydrogen) atoms. The van der Waals surface area contributed by atoms with E-state index in [1.807, 2.05) is 6.07 Å². The Labute approximate surface area is 157 Å². The number of amides is 2. The number of hydrogen-bond donors (Lipinski definition) is 0. The Kier molecular flexibility index (Phi) is 6.27. The lowest BCUT2D eigenvalue weighted by molar-refractivity contribution is -0.149. The largest absolute Gasteiger partial charge is 0.496 e. The molecule has 2 rings (SSSR count). The van der Waals surface area contributed by atoms with Gasteiger partial charge in [-0.3, -0.25) is 19.3 Å². The molecular weight excluding hydrogens is 445 g/mol. The van der Waals surface area contributed by atoms with Gasteiger partial charge in [0, 0.05) is 0 Å². The highest BCUT2D eigenvalue weighted by atomic mass is 127. The molecule has 128 valence electrons. The van der Waals surface area contributed by atoms with Gasteiger partial charge in [-0.15, -0.1) is 0 Å². The van der Waals surface area contributed by atoms with Gasteiger partial charge < -0.3 is 9.47 Å². The van der Waals surface area contributed by atoms with Crippen molar-refractivity contribution in [2.75, 3.05) is 13.7 Å². The van der Waals surface area contributed by atoms with Crippen LogP contribution in [0, 0.1) is 3.57 Å². The summed E-state index contributed by atoms with van der Waals surface area (Å²) in [5.74, 6) is -0.360. The molecule has 1 saturated heterocycles. The monoisotopic (exact) mass is 461 g/mol. The topological polar surface area (TPSA) is 72.9 Å². The molecule has 1 aliphatic rings. The van der Waals surface area contributed by atoms with Crippen LogP contribution in [0.5, 0.6) is 5.75 Å². The number of ether oxygens (including phenoxy) is 2. The number of thioether (sulfide) groups is 1. The van der Waals surface area contributed by atoms with Crippen LogP contribution in [0.2, 0.25) is 0 Å². The number of carbonyl (C=O) groups excluding carboxylic acids is 3. The van der Waals surface area contributed by atoms with Gasteiger partial charge in [0.2, 0.25) is 0 Å². The zero-order valence-corrected chi connectivity index (χ0v) is 16.3. The van der Waals surface area contributed by atoms with E-state index >= 15 is 0 Å². The molecule has 0 saturated carbocycles. The van der Waals surface area contributed by atoms with Crippen LogP contribution in [0.25, 0.3) is 6.08 Å². The van der Waals surface area contributed by atoms with Crippen LogP contribution in [-0.2, 0) is 14.3 Å². The summed E-state index contributed by atoms with van der Waals surface area (Å²) in [5.41, 5.74) is 0.774. The number of hydrogen-bond acceptors (Lipinski definition) is 6. The van der Waals surface area contributed by atoms with Gasteiger partial charge in [-0.2, -0.15) is 0 Å². The Morgan fingerprint density at radius 1 is 1.38 bits per heavy atom. The number of methoxy groups -OCH3 is 1. The molecule has 2 amide bonds. The minimum absolute atomic E-state index is 0.276. The molecule has 1 aliphatic heterocycles. The summed E-state index contributed by atoms with van der Waals surface area (Å²) in [5, 5.41) is -0.477. The van der Waals surface area contributed by atoms with E-state index in [1.54, 1.807) is 39.2 Å². The Morgan fingerprint density at radius 2 is 2.08 bits per heavy atom. The van der Waals surface area contributed by atoms with E-state index in [9.17, 15) is 14.4 Å². The van der Waals surface area contributed by atoms with Crippen molar-refractivity contribution in [2.45, 2.75) is 20.0 Å². The molecule has 1 aromatic rings. The average molecular weight is 461 g/mol. The van der Waals surface area contributed by atoms with Crippen LogP contribution < -0.4 is 4.74 Å². The number of halogens is 1. The maximum atomic E-state index is 12.3. The van der Waals surface area contributed by atoms with Crippen LogP contribution in [0.15, 0.2) is 23.1 Å². The lowest BCUT2D eigenvalue weighted by Gasteiger charge is -2.13. The van der Waals surface area contributed by atoms with E-state index in [0.29, 0.717) is 0 Å². The zero-order valence-electron chi connectivity index (χ0n) is 13.4. The fourth-order valence-corrected chi connectivity index (χ4v) is 3.59. The van der Waals surface area contributed by atoms with Gasteiger partial charge in [0.1, 0.15) is 12.3 Å². The SMILES string of the molecule is COc1ccc(C=C2SC(=O)N(CC(=O)OC(C)C)C2=O)cc1I. The van der Waals surface area contributed by atoms with Crippen LogP contribution >= 0.6 is 34.4 Å². The predicted molar refractivity (Wildman–Crippen MR) is 99.6 cm³/mol. The lowest BCUT2D eigenvalue weighted by atomic mass is 10.2. The van der Waals surface area contributed by atoms with Crippen molar-refractivity contribution in [3.05, 3.63) is 32.2 Å². The molecule has 8 heteroatoms. The van der Waals surface area contributed by atoms with Gasteiger partial charge in [0.25, 0.3) is 11.1 Å². The highest BCUT2D eigenvalue weighted by Crippen LogP contribution is 2.33. The van der Waals surface area contributed by atoms with Gasteiger partial charge in [0.15, 0.2) is 0 Å². The Morgan fingerprint density at radius 3 is 2.67 bits per heavy atom. The standard InChI is InChI=1S/C16H16INO5S/c1-9(2)23-14(19)8-18-15(20)13(24-16(18)21)7-10-4-5-12(22-3)11(17)6-10/h4-7,9H,8H2,1-3H3. The number of nitrogens with zero attached hydrogens (tertiary/aromatic N) is 1. The van der Waals surface area contributed by atoms with Crippen LogP contribution in [0.4, 0.5) is 4.79 Å². The van der Waals surface area contributed by atoms with Crippen molar-refractivity contribution in [2.24, 2.45) is 0 Å². The second kappa shape index (κ2) is 8.02. The third-order valence-electron chi connectivity index (χ3n) is 3.00. The summed E-state index contributed by atoms with van der Waals surface area (Å²) in [4.78, 5) is 37.1. The van der Waals surface area contributed by atoms with Gasteiger partial charge in [-0.25, -0.2) is 0 Å². The van der Waals surface area contributed by atoms with Gasteiger partial charge in [-0.1, -0.05) is 6.07 Å². The van der Waals surface area contributed by atoms with Crippen molar-refractivity contribution in [1.82, 2.24) is 4.90 Å².